The average molecular weight is 487 g/mol. The van der Waals surface area contributed by atoms with Gasteiger partial charge in [-0.15, -0.1) is 0 Å². The van der Waals surface area contributed by atoms with Crippen LogP contribution in [0, 0.1) is 11.8 Å². The third-order valence-corrected chi connectivity index (χ3v) is 6.88. The summed E-state index contributed by atoms with van der Waals surface area (Å²) in [5.41, 5.74) is 4.46. The number of carboxylic acids is 1. The van der Waals surface area contributed by atoms with Crippen LogP contribution in [0.2, 0.25) is 0 Å². The summed E-state index contributed by atoms with van der Waals surface area (Å²) in [7, 11) is 0. The van der Waals surface area contributed by atoms with E-state index in [-0.39, 0.29) is 25.0 Å². The molecule has 0 bridgehead atoms. The molecule has 3 N–H and O–H groups in total. The third kappa shape index (κ3) is 5.61. The van der Waals surface area contributed by atoms with Crippen molar-refractivity contribution in [3.63, 3.8) is 0 Å². The number of hydrogen-bond donors (Lipinski definition) is 3. The molecule has 7 nitrogen and oxygen atoms in total. The van der Waals surface area contributed by atoms with Crippen molar-refractivity contribution >= 4 is 18.0 Å². The van der Waals surface area contributed by atoms with Gasteiger partial charge in [0.1, 0.15) is 12.6 Å². The normalized spacial score (nSPS) is 19.6. The smallest absolute Gasteiger partial charge is 0.407 e. The lowest BCUT2D eigenvalue weighted by molar-refractivity contribution is -0.143. The first-order valence-corrected chi connectivity index (χ1v) is 11.7. The first-order valence-electron chi connectivity index (χ1n) is 11.7. The van der Waals surface area contributed by atoms with E-state index in [2.05, 4.69) is 22.8 Å². The van der Waals surface area contributed by atoms with Crippen LogP contribution >= 0.6 is 0 Å². The minimum absolute atomic E-state index is 0.0686. The van der Waals surface area contributed by atoms with Crippen LogP contribution in [0.25, 0.3) is 11.1 Å². The van der Waals surface area contributed by atoms with E-state index in [0.717, 1.165) is 28.7 Å². The second-order valence-corrected chi connectivity index (χ2v) is 9.03. The molecule has 186 valence electrons. The minimum atomic E-state index is -2.84. The molecule has 9 heteroatoms. The van der Waals surface area contributed by atoms with Gasteiger partial charge in [0.2, 0.25) is 12.3 Å². The maximum atomic E-state index is 12.6. The van der Waals surface area contributed by atoms with Gasteiger partial charge in [-0.05, 0) is 41.0 Å². The van der Waals surface area contributed by atoms with Crippen molar-refractivity contribution in [3.05, 3.63) is 59.7 Å². The number of carbonyl (C=O) groups excluding carboxylic acids is 2. The van der Waals surface area contributed by atoms with Crippen LogP contribution in [0.15, 0.2) is 48.5 Å². The Bertz CT molecular complexity index is 1050. The summed E-state index contributed by atoms with van der Waals surface area (Å²) in [6, 6.07) is 14.4. The number of rotatable bonds is 9. The number of alkyl halides is 2. The number of benzene rings is 2. The predicted molar refractivity (Wildman–Crippen MR) is 124 cm³/mol. The van der Waals surface area contributed by atoms with Crippen molar-refractivity contribution in [2.75, 3.05) is 13.2 Å². The Balaban J connectivity index is 1.30. The number of carbonyl (C=O) groups is 3. The van der Waals surface area contributed by atoms with Gasteiger partial charge in [0.15, 0.2) is 0 Å². The van der Waals surface area contributed by atoms with Gasteiger partial charge in [-0.25, -0.2) is 18.4 Å². The number of carboxylic acid groups (broad SMARTS) is 1. The van der Waals surface area contributed by atoms with Crippen LogP contribution in [-0.4, -0.2) is 48.7 Å². The highest BCUT2D eigenvalue weighted by atomic mass is 19.3. The van der Waals surface area contributed by atoms with Crippen molar-refractivity contribution < 1.29 is 33.0 Å². The van der Waals surface area contributed by atoms with E-state index in [1.807, 2.05) is 36.4 Å². The van der Waals surface area contributed by atoms with Crippen molar-refractivity contribution in [1.82, 2.24) is 10.6 Å². The van der Waals surface area contributed by atoms with Gasteiger partial charge in [0.05, 0.1) is 0 Å². The third-order valence-electron chi connectivity index (χ3n) is 6.88. The molecule has 0 spiro atoms. The van der Waals surface area contributed by atoms with Gasteiger partial charge < -0.3 is 20.5 Å². The molecule has 0 saturated heterocycles. The van der Waals surface area contributed by atoms with Crippen LogP contribution in [0.3, 0.4) is 0 Å². The zero-order valence-corrected chi connectivity index (χ0v) is 19.1. The van der Waals surface area contributed by atoms with Crippen molar-refractivity contribution in [2.45, 2.75) is 44.1 Å². The van der Waals surface area contributed by atoms with E-state index >= 15 is 0 Å². The summed E-state index contributed by atoms with van der Waals surface area (Å²) in [6.45, 7) is 0.351. The molecule has 35 heavy (non-hydrogen) atoms. The quantitative estimate of drug-likeness (QED) is 0.494. The Kier molecular flexibility index (Phi) is 7.63. The van der Waals surface area contributed by atoms with E-state index in [9.17, 15) is 23.2 Å². The van der Waals surface area contributed by atoms with Crippen LogP contribution in [0.5, 0.6) is 0 Å². The number of fused-ring (bicyclic) bond motifs is 3. The van der Waals surface area contributed by atoms with Crippen molar-refractivity contribution in [2.24, 2.45) is 11.8 Å². The van der Waals surface area contributed by atoms with Crippen molar-refractivity contribution in [1.29, 1.82) is 0 Å². The summed E-state index contributed by atoms with van der Waals surface area (Å²) >= 11 is 0. The molecule has 0 aliphatic heterocycles. The second kappa shape index (κ2) is 10.8. The number of halogens is 2. The van der Waals surface area contributed by atoms with Crippen LogP contribution in [0.1, 0.15) is 42.7 Å². The van der Waals surface area contributed by atoms with E-state index < -0.39 is 42.8 Å². The Morgan fingerprint density at radius 2 is 1.63 bits per heavy atom. The van der Waals surface area contributed by atoms with Gasteiger partial charge in [-0.1, -0.05) is 55.0 Å². The number of hydrogen-bond acceptors (Lipinski definition) is 4. The number of nitrogens with one attached hydrogen (secondary N) is 2. The number of ether oxygens (including phenoxy) is 1. The van der Waals surface area contributed by atoms with Crippen LogP contribution in [0.4, 0.5) is 13.6 Å². The van der Waals surface area contributed by atoms with Gasteiger partial charge in [0, 0.05) is 24.8 Å². The number of aliphatic carboxylic acids is 1. The SMILES string of the molecule is O=C(NC[C@@H]1CCC[C@@H]1C(=O)NC(CC(F)F)C(=O)O)OCC1c2ccccc2-c2ccccc21. The molecule has 0 aromatic heterocycles. The fraction of sp³-hybridized carbons (Fsp3) is 0.423. The largest absolute Gasteiger partial charge is 0.480 e. The Morgan fingerprint density at radius 3 is 2.23 bits per heavy atom. The van der Waals surface area contributed by atoms with Crippen LogP contribution in [-0.2, 0) is 14.3 Å². The molecule has 2 aliphatic rings. The van der Waals surface area contributed by atoms with E-state index in [0.29, 0.717) is 12.8 Å². The molecule has 2 aromatic carbocycles. The van der Waals surface area contributed by atoms with E-state index in [1.165, 1.54) is 0 Å². The highest BCUT2D eigenvalue weighted by molar-refractivity contribution is 5.85. The maximum absolute atomic E-state index is 12.6. The maximum Gasteiger partial charge on any atom is 0.407 e. The lowest BCUT2D eigenvalue weighted by Gasteiger charge is -2.22. The topological polar surface area (TPSA) is 105 Å². The molecule has 1 saturated carbocycles. The molecule has 2 aromatic rings. The summed E-state index contributed by atoms with van der Waals surface area (Å²) in [6.07, 6.45) is -2.50. The van der Waals surface area contributed by atoms with Gasteiger partial charge in [-0.2, -0.15) is 0 Å². The second-order valence-electron chi connectivity index (χ2n) is 9.03. The Hall–Kier alpha value is -3.49. The molecular formula is C26H28F2N2O5. The predicted octanol–water partition coefficient (Wildman–Crippen LogP) is 4.17. The number of amides is 2. The molecule has 0 heterocycles. The monoisotopic (exact) mass is 486 g/mol. The molecule has 4 rings (SSSR count). The summed E-state index contributed by atoms with van der Waals surface area (Å²) in [4.78, 5) is 36.2. The summed E-state index contributed by atoms with van der Waals surface area (Å²) in [5, 5.41) is 14.0. The van der Waals surface area contributed by atoms with Crippen LogP contribution < -0.4 is 10.6 Å². The highest BCUT2D eigenvalue weighted by Gasteiger charge is 2.36. The standard InChI is InChI=1S/C26H28F2N2O5/c27-23(28)12-22(25(32)33)30-24(31)16-11-5-6-15(16)13-29-26(34)35-14-21-19-9-3-1-7-17(19)18-8-2-4-10-20(18)21/h1-4,7-10,15-16,21-23H,5-6,11-14H2,(H,29,34)(H,30,31)(H,32,33)/t15-,16-,22?/m0/s1. The first-order chi connectivity index (χ1) is 16.8. The lowest BCUT2D eigenvalue weighted by Crippen LogP contribution is -2.46. The minimum Gasteiger partial charge on any atom is -0.480 e. The van der Waals surface area contributed by atoms with Gasteiger partial charge >= 0.3 is 12.1 Å². The molecule has 3 atom stereocenters. The molecule has 1 fully saturated rings. The molecule has 1 unspecified atom stereocenters. The Labute approximate surface area is 201 Å². The Morgan fingerprint density at radius 1 is 1.00 bits per heavy atom. The van der Waals surface area contributed by atoms with Crippen molar-refractivity contribution in [3.8, 4) is 11.1 Å². The van der Waals surface area contributed by atoms with E-state index in [1.54, 1.807) is 0 Å². The summed E-state index contributed by atoms with van der Waals surface area (Å²) in [5.74, 6) is -2.92. The zero-order valence-electron chi connectivity index (χ0n) is 19.1. The molecule has 0 radical (unpaired) electrons. The lowest BCUT2D eigenvalue weighted by atomic mass is 9.94. The van der Waals surface area contributed by atoms with Gasteiger partial charge in [-0.3, -0.25) is 4.79 Å². The molecule has 2 amide bonds. The van der Waals surface area contributed by atoms with Gasteiger partial charge in [0.25, 0.3) is 0 Å². The number of alkyl carbamates (subject to hydrolysis) is 1. The summed E-state index contributed by atoms with van der Waals surface area (Å²) < 4.78 is 30.8. The fourth-order valence-electron chi connectivity index (χ4n) is 5.17. The zero-order chi connectivity index (χ0) is 24.9. The fourth-order valence-corrected chi connectivity index (χ4v) is 5.17. The average Bonchev–Trinajstić information content (AvgIpc) is 3.43. The highest BCUT2D eigenvalue weighted by Crippen LogP contribution is 2.44. The van der Waals surface area contributed by atoms with E-state index in [4.69, 9.17) is 9.84 Å². The molecule has 2 aliphatic carbocycles. The first kappa shape index (κ1) is 24.6. The molecular weight excluding hydrogens is 458 g/mol.